The molecule has 0 aromatic rings. The summed E-state index contributed by atoms with van der Waals surface area (Å²) >= 11 is 0. The van der Waals surface area contributed by atoms with E-state index < -0.39 is 0 Å². The van der Waals surface area contributed by atoms with Gasteiger partial charge in [-0.05, 0) is 25.2 Å². The smallest absolute Gasteiger partial charge is 0.220 e. The standard InChI is InChI=1S/C16H32N2O/c1-2-3-4-5-6-7-8-12-16(19)18-13-14-10-9-11-15(14)17/h14-15H,2-13,17H2,1H3,(H,18,19). The van der Waals surface area contributed by atoms with E-state index in [-0.39, 0.29) is 5.91 Å². The van der Waals surface area contributed by atoms with Gasteiger partial charge in [0.15, 0.2) is 0 Å². The molecule has 0 radical (unpaired) electrons. The van der Waals surface area contributed by atoms with Crippen LogP contribution in [0, 0.1) is 5.92 Å². The molecule has 0 heterocycles. The molecule has 0 spiro atoms. The van der Waals surface area contributed by atoms with Crippen molar-refractivity contribution in [2.75, 3.05) is 6.54 Å². The number of amides is 1. The van der Waals surface area contributed by atoms with Crippen molar-refractivity contribution in [2.45, 2.75) is 83.6 Å². The van der Waals surface area contributed by atoms with Crippen LogP contribution in [0.3, 0.4) is 0 Å². The molecule has 0 bridgehead atoms. The van der Waals surface area contributed by atoms with Gasteiger partial charge in [0, 0.05) is 19.0 Å². The summed E-state index contributed by atoms with van der Waals surface area (Å²) in [5, 5.41) is 3.05. The first-order chi connectivity index (χ1) is 9.24. The number of nitrogens with two attached hydrogens (primary N) is 1. The van der Waals surface area contributed by atoms with Crippen molar-refractivity contribution in [3.8, 4) is 0 Å². The lowest BCUT2D eigenvalue weighted by Gasteiger charge is -2.15. The summed E-state index contributed by atoms with van der Waals surface area (Å²) in [6, 6.07) is 0.305. The number of rotatable bonds is 10. The molecule has 112 valence electrons. The highest BCUT2D eigenvalue weighted by Gasteiger charge is 2.23. The number of carbonyl (C=O) groups excluding carboxylic acids is 1. The molecule has 19 heavy (non-hydrogen) atoms. The van der Waals surface area contributed by atoms with Gasteiger partial charge < -0.3 is 11.1 Å². The molecule has 1 amide bonds. The van der Waals surface area contributed by atoms with Crippen molar-refractivity contribution < 1.29 is 4.79 Å². The van der Waals surface area contributed by atoms with Gasteiger partial charge in [0.25, 0.3) is 0 Å². The minimum absolute atomic E-state index is 0.215. The first kappa shape index (κ1) is 16.5. The highest BCUT2D eigenvalue weighted by atomic mass is 16.1. The van der Waals surface area contributed by atoms with E-state index >= 15 is 0 Å². The third-order valence-electron chi connectivity index (χ3n) is 4.29. The quantitative estimate of drug-likeness (QED) is 0.597. The van der Waals surface area contributed by atoms with Gasteiger partial charge in [-0.25, -0.2) is 0 Å². The maximum absolute atomic E-state index is 11.7. The van der Waals surface area contributed by atoms with E-state index in [2.05, 4.69) is 12.2 Å². The van der Waals surface area contributed by atoms with Crippen molar-refractivity contribution in [3.05, 3.63) is 0 Å². The third-order valence-corrected chi connectivity index (χ3v) is 4.29. The van der Waals surface area contributed by atoms with Gasteiger partial charge in [0.1, 0.15) is 0 Å². The zero-order valence-corrected chi connectivity index (χ0v) is 12.6. The molecule has 2 unspecified atom stereocenters. The van der Waals surface area contributed by atoms with Crippen LogP contribution < -0.4 is 11.1 Å². The second kappa shape index (κ2) is 10.2. The van der Waals surface area contributed by atoms with Gasteiger partial charge in [0.2, 0.25) is 5.91 Å². The molecule has 3 heteroatoms. The van der Waals surface area contributed by atoms with E-state index in [0.717, 1.165) is 19.4 Å². The number of nitrogens with one attached hydrogen (secondary N) is 1. The largest absolute Gasteiger partial charge is 0.356 e. The number of hydrogen-bond acceptors (Lipinski definition) is 2. The summed E-state index contributed by atoms with van der Waals surface area (Å²) in [7, 11) is 0. The Hall–Kier alpha value is -0.570. The average Bonchev–Trinajstić information content (AvgIpc) is 2.81. The van der Waals surface area contributed by atoms with Gasteiger partial charge >= 0.3 is 0 Å². The monoisotopic (exact) mass is 268 g/mol. The SMILES string of the molecule is CCCCCCCCCC(=O)NCC1CCCC1N. The minimum atomic E-state index is 0.215. The summed E-state index contributed by atoms with van der Waals surface area (Å²) in [6.07, 6.45) is 13.0. The molecule has 0 saturated heterocycles. The second-order valence-electron chi connectivity index (χ2n) is 6.03. The van der Waals surface area contributed by atoms with Gasteiger partial charge in [-0.2, -0.15) is 0 Å². The molecule has 0 aromatic heterocycles. The maximum Gasteiger partial charge on any atom is 0.220 e. The highest BCUT2D eigenvalue weighted by Crippen LogP contribution is 2.23. The van der Waals surface area contributed by atoms with Crippen molar-refractivity contribution in [2.24, 2.45) is 11.7 Å². The number of unbranched alkanes of at least 4 members (excludes halogenated alkanes) is 6. The van der Waals surface area contributed by atoms with Crippen LogP contribution in [0.2, 0.25) is 0 Å². The van der Waals surface area contributed by atoms with Crippen LogP contribution in [0.1, 0.15) is 77.6 Å². The molecular formula is C16H32N2O. The van der Waals surface area contributed by atoms with Crippen molar-refractivity contribution in [1.82, 2.24) is 5.32 Å². The van der Waals surface area contributed by atoms with Crippen molar-refractivity contribution in [1.29, 1.82) is 0 Å². The van der Waals surface area contributed by atoms with Crippen LogP contribution in [-0.2, 0) is 4.79 Å². The van der Waals surface area contributed by atoms with Gasteiger partial charge in [0.05, 0.1) is 0 Å². The van der Waals surface area contributed by atoms with E-state index in [0.29, 0.717) is 18.4 Å². The fraction of sp³-hybridized carbons (Fsp3) is 0.938. The maximum atomic E-state index is 11.7. The lowest BCUT2D eigenvalue weighted by molar-refractivity contribution is -0.121. The van der Waals surface area contributed by atoms with Gasteiger partial charge in [-0.3, -0.25) is 4.79 Å². The topological polar surface area (TPSA) is 55.1 Å². The molecule has 1 fully saturated rings. The van der Waals surface area contributed by atoms with Crippen LogP contribution in [-0.4, -0.2) is 18.5 Å². The third kappa shape index (κ3) is 7.56. The molecule has 3 N–H and O–H groups in total. The van der Waals surface area contributed by atoms with E-state index in [9.17, 15) is 4.79 Å². The minimum Gasteiger partial charge on any atom is -0.356 e. The van der Waals surface area contributed by atoms with E-state index in [1.807, 2.05) is 0 Å². The summed E-state index contributed by atoms with van der Waals surface area (Å²) in [6.45, 7) is 3.02. The van der Waals surface area contributed by atoms with E-state index in [1.54, 1.807) is 0 Å². The van der Waals surface area contributed by atoms with E-state index in [4.69, 9.17) is 5.73 Å². The zero-order chi connectivity index (χ0) is 13.9. The van der Waals surface area contributed by atoms with Crippen LogP contribution in [0.5, 0.6) is 0 Å². The molecule has 1 saturated carbocycles. The Morgan fingerprint density at radius 1 is 1.11 bits per heavy atom. The second-order valence-corrected chi connectivity index (χ2v) is 6.03. The van der Waals surface area contributed by atoms with Gasteiger partial charge in [-0.1, -0.05) is 51.9 Å². The Morgan fingerprint density at radius 2 is 1.79 bits per heavy atom. The number of carbonyl (C=O) groups is 1. The van der Waals surface area contributed by atoms with Crippen LogP contribution in [0.25, 0.3) is 0 Å². The predicted octanol–water partition coefficient (Wildman–Crippen LogP) is 3.37. The lowest BCUT2D eigenvalue weighted by Crippen LogP contribution is -2.35. The molecule has 1 rings (SSSR count). The molecular weight excluding hydrogens is 236 g/mol. The fourth-order valence-corrected chi connectivity index (χ4v) is 2.89. The Bertz CT molecular complexity index is 243. The summed E-state index contributed by atoms with van der Waals surface area (Å²) in [5.74, 6) is 0.727. The van der Waals surface area contributed by atoms with Gasteiger partial charge in [-0.15, -0.1) is 0 Å². The molecule has 3 nitrogen and oxygen atoms in total. The predicted molar refractivity (Wildman–Crippen MR) is 80.9 cm³/mol. The molecule has 0 aliphatic heterocycles. The van der Waals surface area contributed by atoms with Crippen LogP contribution in [0.4, 0.5) is 0 Å². The van der Waals surface area contributed by atoms with Crippen molar-refractivity contribution in [3.63, 3.8) is 0 Å². The Kier molecular flexibility index (Phi) is 8.89. The van der Waals surface area contributed by atoms with E-state index in [1.165, 1.54) is 51.4 Å². The Morgan fingerprint density at radius 3 is 2.42 bits per heavy atom. The first-order valence-electron chi connectivity index (χ1n) is 8.26. The van der Waals surface area contributed by atoms with Crippen LogP contribution >= 0.6 is 0 Å². The molecule has 1 aliphatic carbocycles. The molecule has 0 aromatic carbocycles. The fourth-order valence-electron chi connectivity index (χ4n) is 2.89. The zero-order valence-electron chi connectivity index (χ0n) is 12.6. The first-order valence-corrected chi connectivity index (χ1v) is 8.26. The lowest BCUT2D eigenvalue weighted by atomic mass is 10.0. The molecule has 1 aliphatic rings. The normalized spacial score (nSPS) is 22.6. The average molecular weight is 268 g/mol. The Balaban J connectivity index is 1.90. The Labute approximate surface area is 118 Å². The summed E-state index contributed by atoms with van der Waals surface area (Å²) < 4.78 is 0. The highest BCUT2D eigenvalue weighted by molar-refractivity contribution is 5.75. The van der Waals surface area contributed by atoms with Crippen LogP contribution in [0.15, 0.2) is 0 Å². The van der Waals surface area contributed by atoms with Crippen molar-refractivity contribution >= 4 is 5.91 Å². The summed E-state index contributed by atoms with van der Waals surface area (Å²) in [5.41, 5.74) is 5.99. The number of hydrogen-bond donors (Lipinski definition) is 2. The summed E-state index contributed by atoms with van der Waals surface area (Å²) in [4.78, 5) is 11.7. The molecule has 2 atom stereocenters.